The average molecular weight is 413 g/mol. The topological polar surface area (TPSA) is 98.7 Å². The zero-order valence-electron chi connectivity index (χ0n) is 16.3. The first-order chi connectivity index (χ1) is 14.2. The van der Waals surface area contributed by atoms with Gasteiger partial charge in [0, 0.05) is 61.5 Å². The highest BCUT2D eigenvalue weighted by molar-refractivity contribution is 7.99. The maximum atomic E-state index is 12.3. The van der Waals surface area contributed by atoms with E-state index in [4.69, 9.17) is 4.52 Å². The van der Waals surface area contributed by atoms with Gasteiger partial charge in [0.05, 0.1) is 0 Å². The number of thioether (sulfide) groups is 1. The molecule has 3 heterocycles. The summed E-state index contributed by atoms with van der Waals surface area (Å²) >= 11 is 1.83. The molecule has 1 fully saturated rings. The lowest BCUT2D eigenvalue weighted by atomic mass is 9.95. The number of aryl methyl sites for hydroxylation is 2. The van der Waals surface area contributed by atoms with Crippen molar-refractivity contribution in [2.75, 3.05) is 0 Å². The summed E-state index contributed by atoms with van der Waals surface area (Å²) in [5.41, 5.74) is 0.798. The molecule has 0 radical (unpaired) electrons. The minimum absolute atomic E-state index is 0.0336. The first-order valence-corrected chi connectivity index (χ1v) is 10.7. The van der Waals surface area contributed by atoms with Crippen molar-refractivity contribution in [1.29, 1.82) is 0 Å². The van der Waals surface area contributed by atoms with Crippen molar-refractivity contribution >= 4 is 17.7 Å². The summed E-state index contributed by atoms with van der Waals surface area (Å²) in [5, 5.41) is 8.73. The van der Waals surface area contributed by atoms with E-state index in [-0.39, 0.29) is 11.9 Å². The molecule has 1 aliphatic rings. The van der Waals surface area contributed by atoms with Gasteiger partial charge in [0.15, 0.2) is 5.16 Å². The number of carbonyl (C=O) groups is 1. The number of aromatic nitrogens is 5. The average Bonchev–Trinajstić information content (AvgIpc) is 3.38. The third kappa shape index (κ3) is 5.23. The highest BCUT2D eigenvalue weighted by Crippen LogP contribution is 2.32. The van der Waals surface area contributed by atoms with Gasteiger partial charge in [-0.3, -0.25) is 9.78 Å². The summed E-state index contributed by atoms with van der Waals surface area (Å²) in [7, 11) is 2.02. The lowest BCUT2D eigenvalue weighted by molar-refractivity contribution is -0.122. The highest BCUT2D eigenvalue weighted by Gasteiger charge is 2.24. The lowest BCUT2D eigenvalue weighted by Gasteiger charge is -2.28. The van der Waals surface area contributed by atoms with Crippen LogP contribution in [0.25, 0.3) is 11.4 Å². The van der Waals surface area contributed by atoms with E-state index < -0.39 is 0 Å². The van der Waals surface area contributed by atoms with E-state index in [1.807, 2.05) is 43.3 Å². The molecule has 0 saturated heterocycles. The Morgan fingerprint density at radius 1 is 1.31 bits per heavy atom. The molecule has 152 valence electrons. The van der Waals surface area contributed by atoms with Crippen molar-refractivity contribution in [1.82, 2.24) is 30.0 Å². The number of carbonyl (C=O) groups excluding carboxylic acids is 1. The lowest BCUT2D eigenvalue weighted by Crippen LogP contribution is -2.38. The van der Waals surface area contributed by atoms with Gasteiger partial charge in [-0.1, -0.05) is 16.9 Å². The number of rotatable bonds is 7. The number of imidazole rings is 1. The Bertz CT molecular complexity index is 933. The number of nitrogens with zero attached hydrogens (tertiary/aromatic N) is 5. The third-order valence-electron chi connectivity index (χ3n) is 5.04. The van der Waals surface area contributed by atoms with Crippen molar-refractivity contribution in [2.45, 2.75) is 55.0 Å². The van der Waals surface area contributed by atoms with Crippen molar-refractivity contribution in [2.24, 2.45) is 7.05 Å². The van der Waals surface area contributed by atoms with Gasteiger partial charge in [-0.2, -0.15) is 4.98 Å². The molecule has 9 heteroatoms. The Kier molecular flexibility index (Phi) is 6.24. The van der Waals surface area contributed by atoms with E-state index in [1.165, 1.54) is 0 Å². The SMILES string of the molecule is Cn1ccnc1SC1CCC(NC(=O)CCc2nc(-c3cccnc3)no2)CC1. The van der Waals surface area contributed by atoms with Crippen LogP contribution >= 0.6 is 11.8 Å². The van der Waals surface area contributed by atoms with Gasteiger partial charge in [-0.15, -0.1) is 0 Å². The van der Waals surface area contributed by atoms with Gasteiger partial charge >= 0.3 is 0 Å². The smallest absolute Gasteiger partial charge is 0.227 e. The standard InChI is InChI=1S/C20H24N6O2S/c1-26-12-11-22-20(26)29-16-6-4-15(5-7-16)23-17(27)8-9-18-24-19(25-28-18)14-3-2-10-21-13-14/h2-3,10-13,15-16H,4-9H2,1H3,(H,23,27). The number of nitrogens with one attached hydrogen (secondary N) is 1. The third-order valence-corrected chi connectivity index (χ3v) is 6.45. The van der Waals surface area contributed by atoms with Crippen LogP contribution in [0.15, 0.2) is 46.6 Å². The number of pyridine rings is 1. The zero-order chi connectivity index (χ0) is 20.1. The monoisotopic (exact) mass is 412 g/mol. The fraction of sp³-hybridized carbons (Fsp3) is 0.450. The Morgan fingerprint density at radius 2 is 2.17 bits per heavy atom. The van der Waals surface area contributed by atoms with E-state index in [2.05, 4.69) is 30.0 Å². The summed E-state index contributed by atoms with van der Waals surface area (Å²) in [6.07, 6.45) is 12.1. The summed E-state index contributed by atoms with van der Waals surface area (Å²) in [5.74, 6) is 0.998. The molecule has 0 aliphatic heterocycles. The quantitative estimate of drug-likeness (QED) is 0.637. The van der Waals surface area contributed by atoms with E-state index >= 15 is 0 Å². The van der Waals surface area contributed by atoms with E-state index in [0.29, 0.717) is 29.8 Å². The van der Waals surface area contributed by atoms with Crippen LogP contribution in [0, 0.1) is 0 Å². The molecule has 1 N–H and O–H groups in total. The Morgan fingerprint density at radius 3 is 2.90 bits per heavy atom. The summed E-state index contributed by atoms with van der Waals surface area (Å²) < 4.78 is 7.30. The molecule has 0 aromatic carbocycles. The minimum atomic E-state index is 0.0336. The van der Waals surface area contributed by atoms with Crippen LogP contribution in [0.5, 0.6) is 0 Å². The normalized spacial score (nSPS) is 19.2. The molecular formula is C20H24N6O2S. The van der Waals surface area contributed by atoms with Crippen LogP contribution in [0.2, 0.25) is 0 Å². The van der Waals surface area contributed by atoms with Crippen LogP contribution in [0.4, 0.5) is 0 Å². The molecule has 1 aliphatic carbocycles. The highest BCUT2D eigenvalue weighted by atomic mass is 32.2. The van der Waals surface area contributed by atoms with E-state index in [1.54, 1.807) is 12.4 Å². The summed E-state index contributed by atoms with van der Waals surface area (Å²) in [6, 6.07) is 3.94. The largest absolute Gasteiger partial charge is 0.353 e. The molecule has 0 unspecified atom stereocenters. The van der Waals surface area contributed by atoms with E-state index in [9.17, 15) is 4.79 Å². The van der Waals surface area contributed by atoms with Crippen molar-refractivity contribution < 1.29 is 9.32 Å². The predicted octanol–water partition coefficient (Wildman–Crippen LogP) is 3.02. The Hall–Kier alpha value is -2.68. The maximum Gasteiger partial charge on any atom is 0.227 e. The molecule has 0 bridgehead atoms. The maximum absolute atomic E-state index is 12.3. The molecule has 29 heavy (non-hydrogen) atoms. The van der Waals surface area contributed by atoms with Gasteiger partial charge in [-0.25, -0.2) is 4.98 Å². The predicted molar refractivity (Wildman–Crippen MR) is 109 cm³/mol. The van der Waals surface area contributed by atoms with Crippen LogP contribution < -0.4 is 5.32 Å². The van der Waals surface area contributed by atoms with Crippen LogP contribution in [-0.4, -0.2) is 41.9 Å². The molecule has 3 aromatic rings. The second kappa shape index (κ2) is 9.21. The van der Waals surface area contributed by atoms with Gasteiger partial charge < -0.3 is 14.4 Å². The van der Waals surface area contributed by atoms with Gasteiger partial charge in [-0.05, 0) is 37.8 Å². The molecule has 4 rings (SSSR count). The first-order valence-electron chi connectivity index (χ1n) is 9.83. The number of hydrogen-bond acceptors (Lipinski definition) is 7. The summed E-state index contributed by atoms with van der Waals surface area (Å²) in [6.45, 7) is 0. The first kappa shape index (κ1) is 19.6. The van der Waals surface area contributed by atoms with Crippen molar-refractivity contribution in [3.8, 4) is 11.4 Å². The molecule has 3 aromatic heterocycles. The van der Waals surface area contributed by atoms with Gasteiger partial charge in [0.25, 0.3) is 0 Å². The second-order valence-electron chi connectivity index (χ2n) is 7.23. The Labute approximate surface area is 173 Å². The second-order valence-corrected chi connectivity index (χ2v) is 8.50. The van der Waals surface area contributed by atoms with Gasteiger partial charge in [0.2, 0.25) is 17.6 Å². The molecular weight excluding hydrogens is 388 g/mol. The number of amides is 1. The molecule has 1 saturated carbocycles. The molecule has 8 nitrogen and oxygen atoms in total. The van der Waals surface area contributed by atoms with Crippen molar-refractivity contribution in [3.63, 3.8) is 0 Å². The fourth-order valence-electron chi connectivity index (χ4n) is 3.43. The zero-order valence-corrected chi connectivity index (χ0v) is 17.1. The Balaban J connectivity index is 1.19. The minimum Gasteiger partial charge on any atom is -0.353 e. The van der Waals surface area contributed by atoms with Crippen molar-refractivity contribution in [3.05, 3.63) is 42.8 Å². The van der Waals surface area contributed by atoms with E-state index in [0.717, 1.165) is 36.4 Å². The molecule has 0 spiro atoms. The number of hydrogen-bond donors (Lipinski definition) is 1. The fourth-order valence-corrected chi connectivity index (χ4v) is 4.58. The molecule has 1 amide bonds. The molecule has 0 atom stereocenters. The van der Waals surface area contributed by atoms with Crippen LogP contribution in [0.3, 0.4) is 0 Å². The van der Waals surface area contributed by atoms with Crippen LogP contribution in [0.1, 0.15) is 38.0 Å². The van der Waals surface area contributed by atoms with Crippen LogP contribution in [-0.2, 0) is 18.3 Å². The van der Waals surface area contributed by atoms with Gasteiger partial charge in [0.1, 0.15) is 0 Å². The summed E-state index contributed by atoms with van der Waals surface area (Å²) in [4.78, 5) is 25.1.